The number of hydrogen-bond acceptors (Lipinski definition) is 5. The first-order valence-corrected chi connectivity index (χ1v) is 9.07. The van der Waals surface area contributed by atoms with Crippen LogP contribution in [0.15, 0.2) is 59.4 Å². The summed E-state index contributed by atoms with van der Waals surface area (Å²) in [6.45, 7) is 0.731. The molecule has 1 aliphatic heterocycles. The molecule has 0 amide bonds. The molecule has 0 spiro atoms. The summed E-state index contributed by atoms with van der Waals surface area (Å²) >= 11 is 5.92. The van der Waals surface area contributed by atoms with Gasteiger partial charge in [-0.05, 0) is 30.3 Å². The van der Waals surface area contributed by atoms with Crippen LogP contribution in [-0.4, -0.2) is 19.7 Å². The van der Waals surface area contributed by atoms with Gasteiger partial charge in [-0.1, -0.05) is 35.0 Å². The molecule has 1 atom stereocenters. The lowest BCUT2D eigenvalue weighted by atomic mass is 10.1. The van der Waals surface area contributed by atoms with Gasteiger partial charge in [-0.2, -0.15) is 4.98 Å². The fraction of sp³-hybridized carbons (Fsp3) is 0.150. The first kappa shape index (κ1) is 17.1. The minimum atomic E-state index is -0.372. The number of halogens is 2. The van der Waals surface area contributed by atoms with Crippen LogP contribution >= 0.6 is 11.6 Å². The van der Waals surface area contributed by atoms with Crippen LogP contribution < -0.4 is 0 Å². The van der Waals surface area contributed by atoms with E-state index in [4.69, 9.17) is 20.9 Å². The van der Waals surface area contributed by atoms with E-state index in [0.29, 0.717) is 34.5 Å². The fourth-order valence-electron chi connectivity index (χ4n) is 3.27. The molecule has 0 fully saturated rings. The zero-order chi connectivity index (χ0) is 19.1. The SMILES string of the molecule is Fc1ccccc1[C@@H]1Cn2cnc(-c3nc(-c4ccc(Cl)cc4)no3)c2CO1. The van der Waals surface area contributed by atoms with Crippen LogP contribution in [0.5, 0.6) is 0 Å². The van der Waals surface area contributed by atoms with E-state index in [9.17, 15) is 4.39 Å². The minimum absolute atomic E-state index is 0.271. The number of aromatic nitrogens is 4. The molecule has 4 aromatic rings. The van der Waals surface area contributed by atoms with Gasteiger partial charge in [0.05, 0.1) is 25.2 Å². The number of imidazole rings is 1. The van der Waals surface area contributed by atoms with E-state index in [-0.39, 0.29) is 18.5 Å². The Labute approximate surface area is 164 Å². The van der Waals surface area contributed by atoms with Crippen molar-refractivity contribution in [2.24, 2.45) is 0 Å². The first-order valence-electron chi connectivity index (χ1n) is 8.69. The molecule has 6 nitrogen and oxygen atoms in total. The van der Waals surface area contributed by atoms with Crippen LogP contribution in [0, 0.1) is 5.82 Å². The standard InChI is InChI=1S/C20H14ClFN4O2/c21-13-7-5-12(6-8-13)19-24-20(28-25-19)18-16-10-27-17(9-26(16)11-23-18)14-3-1-2-4-15(14)22/h1-8,11,17H,9-10H2/t17-/m0/s1. The van der Waals surface area contributed by atoms with Crippen molar-refractivity contribution in [1.29, 1.82) is 0 Å². The maximum atomic E-state index is 14.1. The second kappa shape index (κ2) is 6.85. The van der Waals surface area contributed by atoms with Crippen LogP contribution in [0.2, 0.25) is 5.02 Å². The Morgan fingerprint density at radius 3 is 2.75 bits per heavy atom. The number of benzene rings is 2. The topological polar surface area (TPSA) is 66.0 Å². The van der Waals surface area contributed by atoms with Gasteiger partial charge in [0.25, 0.3) is 5.89 Å². The number of rotatable bonds is 3. The van der Waals surface area contributed by atoms with E-state index >= 15 is 0 Å². The molecule has 1 aliphatic rings. The molecule has 0 N–H and O–H groups in total. The van der Waals surface area contributed by atoms with Gasteiger partial charge in [0.15, 0.2) is 5.69 Å². The van der Waals surface area contributed by atoms with Crippen molar-refractivity contribution in [3.8, 4) is 23.0 Å². The van der Waals surface area contributed by atoms with Crippen molar-refractivity contribution < 1.29 is 13.7 Å². The zero-order valence-corrected chi connectivity index (χ0v) is 15.3. The molecule has 3 heterocycles. The third-order valence-corrected chi connectivity index (χ3v) is 4.97. The Hall–Kier alpha value is -3.03. The van der Waals surface area contributed by atoms with Gasteiger partial charge >= 0.3 is 0 Å². The molecular weight excluding hydrogens is 383 g/mol. The smallest absolute Gasteiger partial charge is 0.278 e. The Morgan fingerprint density at radius 2 is 1.93 bits per heavy atom. The number of ether oxygens (including phenoxy) is 1. The summed E-state index contributed by atoms with van der Waals surface area (Å²) in [7, 11) is 0. The summed E-state index contributed by atoms with van der Waals surface area (Å²) < 4.78 is 27.3. The second-order valence-corrected chi connectivity index (χ2v) is 6.88. The highest BCUT2D eigenvalue weighted by atomic mass is 35.5. The van der Waals surface area contributed by atoms with E-state index < -0.39 is 0 Å². The van der Waals surface area contributed by atoms with Crippen LogP contribution in [0.3, 0.4) is 0 Å². The molecule has 0 radical (unpaired) electrons. The molecular formula is C20H14ClFN4O2. The third kappa shape index (κ3) is 2.98. The van der Waals surface area contributed by atoms with E-state index in [1.165, 1.54) is 6.07 Å². The van der Waals surface area contributed by atoms with Gasteiger partial charge in [-0.3, -0.25) is 0 Å². The molecule has 0 bridgehead atoms. The Morgan fingerprint density at radius 1 is 1.11 bits per heavy atom. The number of fused-ring (bicyclic) bond motifs is 1. The van der Waals surface area contributed by atoms with Crippen molar-refractivity contribution in [3.05, 3.63) is 77.0 Å². The predicted molar refractivity (Wildman–Crippen MR) is 99.9 cm³/mol. The van der Waals surface area contributed by atoms with E-state index in [2.05, 4.69) is 15.1 Å². The van der Waals surface area contributed by atoms with Gasteiger partial charge in [0.2, 0.25) is 5.82 Å². The maximum Gasteiger partial charge on any atom is 0.278 e. The van der Waals surface area contributed by atoms with Crippen molar-refractivity contribution in [3.63, 3.8) is 0 Å². The lowest BCUT2D eigenvalue weighted by molar-refractivity contribution is 0.00126. The average Bonchev–Trinajstić information content (AvgIpc) is 3.35. The third-order valence-electron chi connectivity index (χ3n) is 4.71. The highest BCUT2D eigenvalue weighted by Gasteiger charge is 2.27. The van der Waals surface area contributed by atoms with Crippen molar-refractivity contribution in [2.75, 3.05) is 0 Å². The summed E-state index contributed by atoms with van der Waals surface area (Å²) in [5, 5.41) is 4.66. The molecule has 0 saturated carbocycles. The minimum Gasteiger partial charge on any atom is -0.365 e. The quantitative estimate of drug-likeness (QED) is 0.503. The molecule has 5 rings (SSSR count). The summed E-state index contributed by atoms with van der Waals surface area (Å²) in [5.74, 6) is 0.488. The van der Waals surface area contributed by atoms with Gasteiger partial charge in [0, 0.05) is 16.1 Å². The molecule has 28 heavy (non-hydrogen) atoms. The van der Waals surface area contributed by atoms with E-state index in [1.54, 1.807) is 36.7 Å². The molecule has 0 unspecified atom stereocenters. The summed E-state index contributed by atoms with van der Waals surface area (Å²) in [5.41, 5.74) is 2.72. The zero-order valence-electron chi connectivity index (χ0n) is 14.5. The van der Waals surface area contributed by atoms with E-state index in [0.717, 1.165) is 11.3 Å². The Bertz CT molecular complexity index is 1140. The van der Waals surface area contributed by atoms with E-state index in [1.807, 2.05) is 16.7 Å². The predicted octanol–water partition coefficient (Wildman–Crippen LogP) is 4.66. The molecule has 140 valence electrons. The van der Waals surface area contributed by atoms with Gasteiger partial charge < -0.3 is 13.8 Å². The van der Waals surface area contributed by atoms with Gasteiger partial charge in [-0.25, -0.2) is 9.37 Å². The average molecular weight is 397 g/mol. The lowest BCUT2D eigenvalue weighted by Gasteiger charge is -2.25. The van der Waals surface area contributed by atoms with Crippen LogP contribution in [-0.2, 0) is 17.9 Å². The number of nitrogens with zero attached hydrogens (tertiary/aromatic N) is 4. The van der Waals surface area contributed by atoms with Crippen molar-refractivity contribution in [2.45, 2.75) is 19.3 Å². The number of hydrogen-bond donors (Lipinski definition) is 0. The van der Waals surface area contributed by atoms with Gasteiger partial charge in [0.1, 0.15) is 11.9 Å². The monoisotopic (exact) mass is 396 g/mol. The lowest BCUT2D eigenvalue weighted by Crippen LogP contribution is -2.21. The summed E-state index contributed by atoms with van der Waals surface area (Å²) in [6, 6.07) is 13.8. The summed E-state index contributed by atoms with van der Waals surface area (Å²) in [6.07, 6.45) is 1.32. The van der Waals surface area contributed by atoms with Crippen LogP contribution in [0.25, 0.3) is 23.0 Å². The second-order valence-electron chi connectivity index (χ2n) is 6.44. The maximum absolute atomic E-state index is 14.1. The van der Waals surface area contributed by atoms with Crippen LogP contribution in [0.1, 0.15) is 17.4 Å². The molecule has 2 aromatic heterocycles. The fourth-order valence-corrected chi connectivity index (χ4v) is 3.39. The molecule has 0 saturated heterocycles. The first-order chi connectivity index (χ1) is 13.7. The summed E-state index contributed by atoms with van der Waals surface area (Å²) in [4.78, 5) is 8.85. The van der Waals surface area contributed by atoms with Crippen molar-refractivity contribution in [1.82, 2.24) is 19.7 Å². The van der Waals surface area contributed by atoms with Gasteiger partial charge in [-0.15, -0.1) is 0 Å². The highest BCUT2D eigenvalue weighted by Crippen LogP contribution is 2.32. The molecule has 0 aliphatic carbocycles. The Balaban J connectivity index is 1.43. The molecule has 8 heteroatoms. The molecule has 2 aromatic carbocycles. The normalized spacial score (nSPS) is 16.1. The largest absolute Gasteiger partial charge is 0.365 e. The van der Waals surface area contributed by atoms with Crippen molar-refractivity contribution >= 4 is 11.6 Å². The Kier molecular flexibility index (Phi) is 4.18. The van der Waals surface area contributed by atoms with Crippen LogP contribution in [0.4, 0.5) is 4.39 Å². The highest BCUT2D eigenvalue weighted by molar-refractivity contribution is 6.30.